The number of hydrogen-bond donors (Lipinski definition) is 1. The quantitative estimate of drug-likeness (QED) is 0.667. The van der Waals surface area contributed by atoms with Gasteiger partial charge >= 0.3 is 0 Å². The Kier molecular flexibility index (Phi) is 4.79. The summed E-state index contributed by atoms with van der Waals surface area (Å²) in [5.74, 6) is 0.633. The van der Waals surface area contributed by atoms with Gasteiger partial charge in [-0.05, 0) is 53.2 Å². The summed E-state index contributed by atoms with van der Waals surface area (Å²) in [4.78, 5) is 6.32. The van der Waals surface area contributed by atoms with Crippen molar-refractivity contribution >= 4 is 12.4 Å². The van der Waals surface area contributed by atoms with Gasteiger partial charge in [-0.15, -0.1) is 0 Å². The highest BCUT2D eigenvalue weighted by molar-refractivity contribution is 5.73. The maximum Gasteiger partial charge on any atom is 0.146 e. The zero-order valence-corrected chi connectivity index (χ0v) is 15.3. The molecular formula is C23H19N3O2. The summed E-state index contributed by atoms with van der Waals surface area (Å²) >= 11 is 0. The Morgan fingerprint density at radius 1 is 1.04 bits per heavy atom. The van der Waals surface area contributed by atoms with Gasteiger partial charge in [-0.3, -0.25) is 9.89 Å². The zero-order valence-electron chi connectivity index (χ0n) is 15.3. The van der Waals surface area contributed by atoms with Crippen molar-refractivity contribution in [1.29, 1.82) is 5.26 Å². The van der Waals surface area contributed by atoms with Gasteiger partial charge in [-0.1, -0.05) is 36.4 Å². The molecule has 0 saturated carbocycles. The molecule has 4 rings (SSSR count). The van der Waals surface area contributed by atoms with Gasteiger partial charge in [0, 0.05) is 13.1 Å². The van der Waals surface area contributed by atoms with Crippen LogP contribution in [0.15, 0.2) is 65.7 Å². The third-order valence-electron chi connectivity index (χ3n) is 4.89. The molecule has 0 spiro atoms. The van der Waals surface area contributed by atoms with Gasteiger partial charge in [-0.25, -0.2) is 0 Å². The molecule has 0 aliphatic carbocycles. The van der Waals surface area contributed by atoms with E-state index in [9.17, 15) is 5.11 Å². The fraction of sp³-hybridized carbons (Fsp3) is 0.130. The SMILES string of the molecule is C=Nc1cc(-c2ccc(O)c(C#N)c2)ccc1OCN1Cc2ccccc2C1. The summed E-state index contributed by atoms with van der Waals surface area (Å²) in [5, 5.41) is 18.8. The highest BCUT2D eigenvalue weighted by Gasteiger charge is 2.18. The fourth-order valence-corrected chi connectivity index (χ4v) is 3.40. The van der Waals surface area contributed by atoms with Crippen LogP contribution in [0.4, 0.5) is 5.69 Å². The van der Waals surface area contributed by atoms with E-state index in [1.165, 1.54) is 17.2 Å². The smallest absolute Gasteiger partial charge is 0.146 e. The molecule has 1 N–H and O–H groups in total. The van der Waals surface area contributed by atoms with Crippen molar-refractivity contribution in [3.8, 4) is 28.7 Å². The van der Waals surface area contributed by atoms with E-state index < -0.39 is 0 Å². The topological polar surface area (TPSA) is 68.8 Å². The zero-order chi connectivity index (χ0) is 19.5. The molecule has 1 heterocycles. The Labute approximate surface area is 163 Å². The summed E-state index contributed by atoms with van der Waals surface area (Å²) in [7, 11) is 0. The minimum atomic E-state index is -0.0279. The molecule has 5 nitrogen and oxygen atoms in total. The van der Waals surface area contributed by atoms with Crippen molar-refractivity contribution in [3.05, 3.63) is 77.4 Å². The lowest BCUT2D eigenvalue weighted by molar-refractivity contribution is 0.125. The average molecular weight is 369 g/mol. The van der Waals surface area contributed by atoms with Crippen LogP contribution in [-0.4, -0.2) is 23.5 Å². The number of phenols is 1. The Bertz CT molecular complexity index is 1060. The first-order chi connectivity index (χ1) is 13.7. The molecule has 0 aromatic heterocycles. The summed E-state index contributed by atoms with van der Waals surface area (Å²) in [6, 6.07) is 21.0. The third-order valence-corrected chi connectivity index (χ3v) is 4.89. The number of nitriles is 1. The van der Waals surface area contributed by atoms with Gasteiger partial charge in [0.05, 0.1) is 5.56 Å². The van der Waals surface area contributed by atoms with E-state index in [0.717, 1.165) is 24.2 Å². The van der Waals surface area contributed by atoms with Crippen molar-refractivity contribution < 1.29 is 9.84 Å². The molecule has 0 bridgehead atoms. The Hall–Kier alpha value is -3.62. The van der Waals surface area contributed by atoms with E-state index in [1.807, 2.05) is 24.3 Å². The first kappa shape index (κ1) is 17.8. The second kappa shape index (κ2) is 7.55. The summed E-state index contributed by atoms with van der Waals surface area (Å²) in [5.41, 5.74) is 5.24. The van der Waals surface area contributed by atoms with Crippen molar-refractivity contribution in [2.45, 2.75) is 13.1 Å². The van der Waals surface area contributed by atoms with E-state index in [0.29, 0.717) is 18.2 Å². The van der Waals surface area contributed by atoms with Gasteiger partial charge in [0.25, 0.3) is 0 Å². The Morgan fingerprint density at radius 3 is 2.39 bits per heavy atom. The highest BCUT2D eigenvalue weighted by Crippen LogP contribution is 2.34. The minimum absolute atomic E-state index is 0.0279. The van der Waals surface area contributed by atoms with Crippen LogP contribution in [0, 0.1) is 11.3 Å². The monoisotopic (exact) mass is 369 g/mol. The van der Waals surface area contributed by atoms with Crippen LogP contribution in [-0.2, 0) is 13.1 Å². The van der Waals surface area contributed by atoms with Crippen molar-refractivity contribution in [2.75, 3.05) is 6.73 Å². The Morgan fingerprint density at radius 2 is 1.71 bits per heavy atom. The fourth-order valence-electron chi connectivity index (χ4n) is 3.40. The number of phenolic OH excluding ortho intramolecular Hbond substituents is 1. The lowest BCUT2D eigenvalue weighted by Crippen LogP contribution is -2.22. The molecule has 3 aromatic rings. The number of ether oxygens (including phenoxy) is 1. The molecule has 0 atom stereocenters. The predicted molar refractivity (Wildman–Crippen MR) is 109 cm³/mol. The first-order valence-electron chi connectivity index (χ1n) is 8.94. The van der Waals surface area contributed by atoms with Crippen LogP contribution in [0.5, 0.6) is 11.5 Å². The van der Waals surface area contributed by atoms with E-state index in [1.54, 1.807) is 12.1 Å². The normalized spacial score (nSPS) is 13.0. The van der Waals surface area contributed by atoms with Crippen LogP contribution >= 0.6 is 0 Å². The van der Waals surface area contributed by atoms with Crippen molar-refractivity contribution in [2.24, 2.45) is 4.99 Å². The number of fused-ring (bicyclic) bond motifs is 1. The predicted octanol–water partition coefficient (Wildman–Crippen LogP) is 4.62. The molecule has 138 valence electrons. The lowest BCUT2D eigenvalue weighted by atomic mass is 10.0. The molecule has 1 aliphatic heterocycles. The highest BCUT2D eigenvalue weighted by atomic mass is 16.5. The third kappa shape index (κ3) is 3.46. The molecule has 0 saturated heterocycles. The number of aromatic hydroxyl groups is 1. The number of rotatable bonds is 5. The molecule has 3 aromatic carbocycles. The maximum atomic E-state index is 9.69. The van der Waals surface area contributed by atoms with Crippen LogP contribution in [0.3, 0.4) is 0 Å². The lowest BCUT2D eigenvalue weighted by Gasteiger charge is -2.17. The van der Waals surface area contributed by atoms with Gasteiger partial charge in [-0.2, -0.15) is 5.26 Å². The molecule has 1 aliphatic rings. The van der Waals surface area contributed by atoms with Gasteiger partial charge in [0.1, 0.15) is 30.0 Å². The van der Waals surface area contributed by atoms with E-state index in [-0.39, 0.29) is 11.3 Å². The molecule has 0 radical (unpaired) electrons. The molecule has 28 heavy (non-hydrogen) atoms. The summed E-state index contributed by atoms with van der Waals surface area (Å²) in [6.07, 6.45) is 0. The first-order valence-corrected chi connectivity index (χ1v) is 8.94. The molecule has 5 heteroatoms. The molecule has 0 unspecified atom stereocenters. The van der Waals surface area contributed by atoms with E-state index >= 15 is 0 Å². The van der Waals surface area contributed by atoms with Gasteiger partial charge < -0.3 is 9.84 Å². The summed E-state index contributed by atoms with van der Waals surface area (Å²) in [6.45, 7) is 5.86. The average Bonchev–Trinajstić information content (AvgIpc) is 3.15. The molecular weight excluding hydrogens is 350 g/mol. The molecule has 0 fully saturated rings. The summed E-state index contributed by atoms with van der Waals surface area (Å²) < 4.78 is 6.00. The number of nitrogens with zero attached hydrogens (tertiary/aromatic N) is 3. The number of benzene rings is 3. The van der Waals surface area contributed by atoms with Crippen molar-refractivity contribution in [3.63, 3.8) is 0 Å². The van der Waals surface area contributed by atoms with Crippen LogP contribution in [0.25, 0.3) is 11.1 Å². The second-order valence-corrected chi connectivity index (χ2v) is 6.71. The Balaban J connectivity index is 1.50. The number of hydrogen-bond acceptors (Lipinski definition) is 5. The standard InChI is InChI=1S/C23H19N3O2/c1-25-21-11-17(16-6-8-22(27)20(10-16)12-24)7-9-23(21)28-15-26-13-18-4-2-3-5-19(18)14-26/h2-11,27H,1,13-15H2. The molecule has 0 amide bonds. The minimum Gasteiger partial charge on any atom is -0.507 e. The van der Waals surface area contributed by atoms with Gasteiger partial charge in [0.2, 0.25) is 0 Å². The van der Waals surface area contributed by atoms with Crippen molar-refractivity contribution in [1.82, 2.24) is 4.90 Å². The largest absolute Gasteiger partial charge is 0.507 e. The van der Waals surface area contributed by atoms with Crippen LogP contribution in [0.1, 0.15) is 16.7 Å². The van der Waals surface area contributed by atoms with Crippen LogP contribution < -0.4 is 4.74 Å². The maximum absolute atomic E-state index is 9.69. The van der Waals surface area contributed by atoms with Crippen LogP contribution in [0.2, 0.25) is 0 Å². The van der Waals surface area contributed by atoms with E-state index in [4.69, 9.17) is 10.00 Å². The van der Waals surface area contributed by atoms with E-state index in [2.05, 4.69) is 40.9 Å². The van der Waals surface area contributed by atoms with Gasteiger partial charge in [0.15, 0.2) is 0 Å². The number of aliphatic imine (C=N–C) groups is 1. The second-order valence-electron chi connectivity index (χ2n) is 6.71.